The largest absolute Gasteiger partial charge is 0.379 e. The van der Waals surface area contributed by atoms with Gasteiger partial charge in [-0.3, -0.25) is 4.79 Å². The second-order valence-corrected chi connectivity index (χ2v) is 5.02. The summed E-state index contributed by atoms with van der Waals surface area (Å²) in [5.74, 6) is 0.689. The summed E-state index contributed by atoms with van der Waals surface area (Å²) in [6.07, 6.45) is 3.31. The molecule has 3 unspecified atom stereocenters. The van der Waals surface area contributed by atoms with Crippen molar-refractivity contribution < 1.29 is 9.53 Å². The second kappa shape index (κ2) is 5.15. The molecule has 2 saturated heterocycles. The highest BCUT2D eigenvalue weighted by molar-refractivity contribution is 5.82. The second-order valence-electron chi connectivity index (χ2n) is 5.02. The zero-order valence-corrected chi connectivity index (χ0v) is 10.2. The quantitative estimate of drug-likeness (QED) is 0.750. The topological polar surface area (TPSA) is 41.6 Å². The van der Waals surface area contributed by atoms with Crippen molar-refractivity contribution in [1.82, 2.24) is 10.2 Å². The monoisotopic (exact) mass is 226 g/mol. The van der Waals surface area contributed by atoms with E-state index < -0.39 is 0 Å². The van der Waals surface area contributed by atoms with Gasteiger partial charge < -0.3 is 15.0 Å². The van der Waals surface area contributed by atoms with E-state index in [0.29, 0.717) is 12.5 Å². The van der Waals surface area contributed by atoms with Crippen molar-refractivity contribution in [2.45, 2.75) is 38.3 Å². The molecule has 3 atom stereocenters. The minimum atomic E-state index is 0.0133. The van der Waals surface area contributed by atoms with Crippen LogP contribution in [0, 0.1) is 5.92 Å². The maximum absolute atomic E-state index is 12.3. The van der Waals surface area contributed by atoms with Gasteiger partial charge in [-0.25, -0.2) is 0 Å². The van der Waals surface area contributed by atoms with Gasteiger partial charge in [-0.1, -0.05) is 6.92 Å². The van der Waals surface area contributed by atoms with Gasteiger partial charge in [0.15, 0.2) is 0 Å². The summed E-state index contributed by atoms with van der Waals surface area (Å²) in [5.41, 5.74) is 0. The number of carbonyl (C=O) groups is 1. The predicted molar refractivity (Wildman–Crippen MR) is 62.2 cm³/mol. The Morgan fingerprint density at radius 2 is 2.25 bits per heavy atom. The number of amides is 1. The van der Waals surface area contributed by atoms with Gasteiger partial charge in [0, 0.05) is 13.7 Å². The maximum atomic E-state index is 12.3. The molecule has 2 fully saturated rings. The first-order valence-electron chi connectivity index (χ1n) is 6.28. The SMILES string of the molecule is CC1CCCNC1C(=O)N(C)C1CCOC1. The third-order valence-electron chi connectivity index (χ3n) is 3.84. The van der Waals surface area contributed by atoms with Crippen LogP contribution in [0.2, 0.25) is 0 Å². The molecule has 4 nitrogen and oxygen atoms in total. The van der Waals surface area contributed by atoms with E-state index in [1.165, 1.54) is 6.42 Å². The Kier molecular flexibility index (Phi) is 3.82. The molecule has 4 heteroatoms. The van der Waals surface area contributed by atoms with Crippen molar-refractivity contribution in [3.8, 4) is 0 Å². The van der Waals surface area contributed by atoms with Crippen molar-refractivity contribution in [2.24, 2.45) is 5.92 Å². The van der Waals surface area contributed by atoms with Crippen molar-refractivity contribution >= 4 is 5.91 Å². The number of rotatable bonds is 2. The van der Waals surface area contributed by atoms with Crippen LogP contribution in [0.5, 0.6) is 0 Å². The number of ether oxygens (including phenoxy) is 1. The number of hydrogen-bond donors (Lipinski definition) is 1. The van der Waals surface area contributed by atoms with Crippen LogP contribution in [-0.4, -0.2) is 49.7 Å². The summed E-state index contributed by atoms with van der Waals surface area (Å²) >= 11 is 0. The molecular weight excluding hydrogens is 204 g/mol. The molecule has 2 rings (SSSR count). The lowest BCUT2D eigenvalue weighted by molar-refractivity contribution is -0.136. The number of nitrogens with one attached hydrogen (secondary N) is 1. The zero-order valence-electron chi connectivity index (χ0n) is 10.2. The van der Waals surface area contributed by atoms with E-state index in [-0.39, 0.29) is 18.0 Å². The Hall–Kier alpha value is -0.610. The number of likely N-dealkylation sites (N-methyl/N-ethyl adjacent to an activating group) is 1. The molecule has 0 aliphatic carbocycles. The molecule has 0 radical (unpaired) electrons. The Bertz CT molecular complexity index is 251. The fourth-order valence-corrected chi connectivity index (χ4v) is 2.61. The normalized spacial score (nSPS) is 35.0. The standard InChI is InChI=1S/C12H22N2O2/c1-9-4-3-6-13-11(9)12(15)14(2)10-5-7-16-8-10/h9-11,13H,3-8H2,1-2H3. The third kappa shape index (κ3) is 2.38. The van der Waals surface area contributed by atoms with Crippen LogP contribution in [-0.2, 0) is 9.53 Å². The van der Waals surface area contributed by atoms with Gasteiger partial charge in [0.2, 0.25) is 5.91 Å². The Morgan fingerprint density at radius 3 is 2.88 bits per heavy atom. The molecule has 2 aliphatic heterocycles. The molecule has 1 amide bonds. The molecular formula is C12H22N2O2. The van der Waals surface area contributed by atoms with E-state index in [9.17, 15) is 4.79 Å². The lowest BCUT2D eigenvalue weighted by Crippen LogP contribution is -2.53. The van der Waals surface area contributed by atoms with Gasteiger partial charge >= 0.3 is 0 Å². The van der Waals surface area contributed by atoms with E-state index in [1.54, 1.807) is 0 Å². The fraction of sp³-hybridized carbons (Fsp3) is 0.917. The van der Waals surface area contributed by atoms with Gasteiger partial charge in [0.1, 0.15) is 0 Å². The third-order valence-corrected chi connectivity index (χ3v) is 3.84. The van der Waals surface area contributed by atoms with Gasteiger partial charge in [-0.05, 0) is 31.7 Å². The van der Waals surface area contributed by atoms with Crippen molar-refractivity contribution in [2.75, 3.05) is 26.8 Å². The summed E-state index contributed by atoms with van der Waals surface area (Å²) < 4.78 is 5.33. The van der Waals surface area contributed by atoms with E-state index in [2.05, 4.69) is 12.2 Å². The molecule has 0 aromatic heterocycles. The van der Waals surface area contributed by atoms with Crippen molar-refractivity contribution in [1.29, 1.82) is 0 Å². The van der Waals surface area contributed by atoms with Gasteiger partial charge in [-0.15, -0.1) is 0 Å². The van der Waals surface area contributed by atoms with Crippen LogP contribution >= 0.6 is 0 Å². The molecule has 0 bridgehead atoms. The van der Waals surface area contributed by atoms with Crippen LogP contribution < -0.4 is 5.32 Å². The van der Waals surface area contributed by atoms with Gasteiger partial charge in [0.25, 0.3) is 0 Å². The van der Waals surface area contributed by atoms with Crippen LogP contribution in [0.25, 0.3) is 0 Å². The van der Waals surface area contributed by atoms with Gasteiger partial charge in [0.05, 0.1) is 18.7 Å². The first kappa shape index (κ1) is 11.9. The Labute approximate surface area is 97.3 Å². The lowest BCUT2D eigenvalue weighted by atomic mass is 9.91. The number of nitrogens with zero attached hydrogens (tertiary/aromatic N) is 1. The van der Waals surface area contributed by atoms with Crippen LogP contribution in [0.4, 0.5) is 0 Å². The first-order valence-corrected chi connectivity index (χ1v) is 6.28. The summed E-state index contributed by atoms with van der Waals surface area (Å²) in [5, 5.41) is 3.34. The van der Waals surface area contributed by atoms with Gasteiger partial charge in [-0.2, -0.15) is 0 Å². The molecule has 2 aliphatic rings. The number of piperidine rings is 1. The fourth-order valence-electron chi connectivity index (χ4n) is 2.61. The molecule has 1 N–H and O–H groups in total. The van der Waals surface area contributed by atoms with Crippen LogP contribution in [0.15, 0.2) is 0 Å². The maximum Gasteiger partial charge on any atom is 0.240 e. The average Bonchev–Trinajstić information content (AvgIpc) is 2.81. The predicted octanol–water partition coefficient (Wildman–Crippen LogP) is 0.622. The highest BCUT2D eigenvalue weighted by atomic mass is 16.5. The minimum absolute atomic E-state index is 0.0133. The number of hydrogen-bond acceptors (Lipinski definition) is 3. The van der Waals surface area contributed by atoms with E-state index >= 15 is 0 Å². The molecule has 0 spiro atoms. The summed E-state index contributed by atoms with van der Waals surface area (Å²) in [6, 6.07) is 0.294. The summed E-state index contributed by atoms with van der Waals surface area (Å²) in [7, 11) is 1.91. The van der Waals surface area contributed by atoms with E-state index in [0.717, 1.165) is 26.0 Å². The Balaban J connectivity index is 1.94. The van der Waals surface area contributed by atoms with Crippen LogP contribution in [0.1, 0.15) is 26.2 Å². The smallest absolute Gasteiger partial charge is 0.240 e. The molecule has 0 saturated carbocycles. The van der Waals surface area contributed by atoms with Crippen molar-refractivity contribution in [3.05, 3.63) is 0 Å². The molecule has 0 aromatic rings. The zero-order chi connectivity index (χ0) is 11.5. The Morgan fingerprint density at radius 1 is 1.44 bits per heavy atom. The average molecular weight is 226 g/mol. The summed E-state index contributed by atoms with van der Waals surface area (Å²) in [4.78, 5) is 14.2. The van der Waals surface area contributed by atoms with Crippen LogP contribution in [0.3, 0.4) is 0 Å². The molecule has 2 heterocycles. The summed E-state index contributed by atoms with van der Waals surface area (Å²) in [6.45, 7) is 4.61. The number of carbonyl (C=O) groups excluding carboxylic acids is 1. The highest BCUT2D eigenvalue weighted by Gasteiger charge is 2.33. The molecule has 16 heavy (non-hydrogen) atoms. The van der Waals surface area contributed by atoms with Crippen molar-refractivity contribution in [3.63, 3.8) is 0 Å². The lowest BCUT2D eigenvalue weighted by Gasteiger charge is -2.34. The minimum Gasteiger partial charge on any atom is -0.379 e. The molecule has 92 valence electrons. The van der Waals surface area contributed by atoms with E-state index in [4.69, 9.17) is 4.74 Å². The first-order chi connectivity index (χ1) is 7.70. The van der Waals surface area contributed by atoms with E-state index in [1.807, 2.05) is 11.9 Å². The highest BCUT2D eigenvalue weighted by Crippen LogP contribution is 2.19. The molecule has 0 aromatic carbocycles.